The maximum atomic E-state index is 13.6. The van der Waals surface area contributed by atoms with Crippen molar-refractivity contribution in [2.75, 3.05) is 29.5 Å². The number of amides is 1. The summed E-state index contributed by atoms with van der Waals surface area (Å²) in [7, 11) is 0. The summed E-state index contributed by atoms with van der Waals surface area (Å²) in [5, 5.41) is 11.6. The Morgan fingerprint density at radius 3 is 2.39 bits per heavy atom. The van der Waals surface area contributed by atoms with Gasteiger partial charge in [-0.2, -0.15) is 0 Å². The number of hydrogen-bond acceptors (Lipinski definition) is 6. The molecule has 1 saturated heterocycles. The molecule has 8 heteroatoms. The highest BCUT2D eigenvalue weighted by atomic mass is 16.5. The molecule has 1 aliphatic rings. The number of carbonyl (C=O) groups excluding carboxylic acids is 2. The number of aliphatic hydroxyl groups is 1. The van der Waals surface area contributed by atoms with E-state index in [-0.39, 0.29) is 17.3 Å². The number of anilines is 2. The molecule has 1 fully saturated rings. The number of benzene rings is 3. The summed E-state index contributed by atoms with van der Waals surface area (Å²) in [5.41, 5.74) is 4.41. The van der Waals surface area contributed by atoms with Crippen molar-refractivity contribution in [3.63, 3.8) is 0 Å². The summed E-state index contributed by atoms with van der Waals surface area (Å²) in [6.45, 7) is 12.5. The smallest absolute Gasteiger partial charge is 0.302 e. The fourth-order valence-electron chi connectivity index (χ4n) is 5.25. The van der Waals surface area contributed by atoms with Crippen LogP contribution in [0.15, 0.2) is 72.3 Å². The minimum Gasteiger partial charge on any atom is -0.507 e. The molecule has 2 N–H and O–H groups in total. The molecule has 1 atom stereocenters. The second-order valence-corrected chi connectivity index (χ2v) is 10.7. The molecule has 1 amide bonds. The second kappa shape index (κ2) is 11.5. The maximum absolute atomic E-state index is 13.6. The molecule has 0 spiro atoms. The van der Waals surface area contributed by atoms with E-state index in [0.717, 1.165) is 29.9 Å². The van der Waals surface area contributed by atoms with Gasteiger partial charge in [-0.05, 0) is 80.3 Å². The Morgan fingerprint density at radius 2 is 1.76 bits per heavy atom. The number of nitrogens with one attached hydrogen (secondary N) is 1. The number of para-hydroxylation sites is 2. The lowest BCUT2D eigenvalue weighted by atomic mass is 9.94. The van der Waals surface area contributed by atoms with Crippen LogP contribution in [-0.4, -0.2) is 46.5 Å². The molecule has 0 radical (unpaired) electrons. The fraction of sp³-hybridized carbons (Fsp3) is 0.303. The van der Waals surface area contributed by atoms with Crippen molar-refractivity contribution in [1.29, 1.82) is 0 Å². The molecule has 212 valence electrons. The van der Waals surface area contributed by atoms with Gasteiger partial charge in [0.1, 0.15) is 11.5 Å². The first-order valence-corrected chi connectivity index (χ1v) is 14.1. The second-order valence-electron chi connectivity index (χ2n) is 10.7. The largest absolute Gasteiger partial charge is 0.507 e. The average molecular weight is 553 g/mol. The number of fused-ring (bicyclic) bond motifs is 1. The number of hydrogen-bond donors (Lipinski definition) is 2. The Morgan fingerprint density at radius 1 is 1.05 bits per heavy atom. The molecular weight excluding hydrogens is 516 g/mol. The number of aromatic nitrogens is 2. The van der Waals surface area contributed by atoms with Crippen LogP contribution in [0.2, 0.25) is 0 Å². The first-order valence-electron chi connectivity index (χ1n) is 14.1. The van der Waals surface area contributed by atoms with Crippen LogP contribution < -0.4 is 14.5 Å². The van der Waals surface area contributed by atoms with Crippen LogP contribution in [0.1, 0.15) is 50.4 Å². The fourth-order valence-corrected chi connectivity index (χ4v) is 5.25. The van der Waals surface area contributed by atoms with E-state index >= 15 is 0 Å². The van der Waals surface area contributed by atoms with E-state index in [9.17, 15) is 14.7 Å². The van der Waals surface area contributed by atoms with Gasteiger partial charge >= 0.3 is 5.91 Å². The van der Waals surface area contributed by atoms with Gasteiger partial charge in [0.2, 0.25) is 5.95 Å². The van der Waals surface area contributed by atoms with Gasteiger partial charge < -0.3 is 19.7 Å². The van der Waals surface area contributed by atoms with Gasteiger partial charge in [0.05, 0.1) is 29.3 Å². The van der Waals surface area contributed by atoms with E-state index in [1.807, 2.05) is 55.5 Å². The van der Waals surface area contributed by atoms with E-state index < -0.39 is 17.7 Å². The molecule has 1 aliphatic heterocycles. The van der Waals surface area contributed by atoms with Gasteiger partial charge in [-0.3, -0.25) is 14.5 Å². The van der Waals surface area contributed by atoms with E-state index in [4.69, 9.17) is 4.74 Å². The third-order valence-corrected chi connectivity index (χ3v) is 7.41. The van der Waals surface area contributed by atoms with Crippen molar-refractivity contribution in [1.82, 2.24) is 9.97 Å². The Balaban J connectivity index is 1.64. The summed E-state index contributed by atoms with van der Waals surface area (Å²) in [5.74, 6) is -0.431. The van der Waals surface area contributed by atoms with Gasteiger partial charge in [0.15, 0.2) is 0 Å². The maximum Gasteiger partial charge on any atom is 0.302 e. The molecular formula is C33H36N4O4. The molecule has 1 unspecified atom stereocenters. The SMILES string of the molecule is CCN(CC)c1ccc(C2/C(=C(\O)c3ccc(OCC(C)C)c(C)c3)C(=O)C(=O)N2c2nc3ccccc3[nH]2)cc1. The minimum absolute atomic E-state index is 0.0151. The van der Waals surface area contributed by atoms with Crippen molar-refractivity contribution >= 4 is 40.1 Å². The zero-order valence-electron chi connectivity index (χ0n) is 24.1. The average Bonchev–Trinajstić information content (AvgIpc) is 3.51. The molecule has 5 rings (SSSR count). The Kier molecular flexibility index (Phi) is 7.83. The molecule has 0 saturated carbocycles. The highest BCUT2D eigenvalue weighted by Gasteiger charge is 2.48. The third-order valence-electron chi connectivity index (χ3n) is 7.41. The van der Waals surface area contributed by atoms with Crippen molar-refractivity contribution in [3.05, 3.63) is 89.0 Å². The number of imidazole rings is 1. The molecule has 4 aromatic rings. The number of aromatic amines is 1. The van der Waals surface area contributed by atoms with Gasteiger partial charge in [-0.15, -0.1) is 0 Å². The molecule has 41 heavy (non-hydrogen) atoms. The predicted molar refractivity (Wildman–Crippen MR) is 162 cm³/mol. The van der Waals surface area contributed by atoms with E-state index in [0.29, 0.717) is 34.9 Å². The summed E-state index contributed by atoms with van der Waals surface area (Å²) >= 11 is 0. The summed E-state index contributed by atoms with van der Waals surface area (Å²) in [6.07, 6.45) is 0. The lowest BCUT2D eigenvalue weighted by Crippen LogP contribution is -2.30. The van der Waals surface area contributed by atoms with Crippen LogP contribution in [0, 0.1) is 12.8 Å². The van der Waals surface area contributed by atoms with Crippen molar-refractivity contribution in [2.24, 2.45) is 5.92 Å². The van der Waals surface area contributed by atoms with Gasteiger partial charge in [0.25, 0.3) is 5.78 Å². The molecule has 2 heterocycles. The molecule has 0 aliphatic carbocycles. The first-order chi connectivity index (χ1) is 19.7. The number of ether oxygens (including phenoxy) is 1. The van der Waals surface area contributed by atoms with Gasteiger partial charge in [-0.1, -0.05) is 38.1 Å². The molecule has 1 aromatic heterocycles. The van der Waals surface area contributed by atoms with Crippen LogP contribution in [-0.2, 0) is 9.59 Å². The first kappa shape index (κ1) is 28.0. The van der Waals surface area contributed by atoms with E-state index in [1.54, 1.807) is 18.2 Å². The van der Waals surface area contributed by atoms with Gasteiger partial charge in [-0.25, -0.2) is 4.98 Å². The molecule has 3 aromatic carbocycles. The van der Waals surface area contributed by atoms with Crippen molar-refractivity contribution in [3.8, 4) is 5.75 Å². The number of aryl methyl sites for hydroxylation is 1. The topological polar surface area (TPSA) is 98.8 Å². The number of ketones is 1. The standard InChI is InChI=1S/C33H36N4O4/c1-6-36(7-2)24-15-12-22(13-16-24)29-28(30(38)23-14-17-27(21(5)18-23)41-19-20(3)4)31(39)32(40)37(29)33-34-25-10-8-9-11-26(25)35-33/h8-18,20,29,38H,6-7,19H2,1-5H3,(H,34,35)/b30-28+. The highest BCUT2D eigenvalue weighted by molar-refractivity contribution is 6.51. The van der Waals surface area contributed by atoms with E-state index in [2.05, 4.69) is 42.6 Å². The zero-order valence-corrected chi connectivity index (χ0v) is 24.1. The minimum atomic E-state index is -0.876. The van der Waals surface area contributed by atoms with Crippen LogP contribution in [0.25, 0.3) is 16.8 Å². The lowest BCUT2D eigenvalue weighted by molar-refractivity contribution is -0.132. The third kappa shape index (κ3) is 5.29. The lowest BCUT2D eigenvalue weighted by Gasteiger charge is -2.25. The van der Waals surface area contributed by atoms with Crippen LogP contribution in [0.3, 0.4) is 0 Å². The molecule has 0 bridgehead atoms. The Bertz CT molecular complexity index is 1580. The van der Waals surface area contributed by atoms with Crippen molar-refractivity contribution < 1.29 is 19.4 Å². The van der Waals surface area contributed by atoms with Crippen LogP contribution in [0.5, 0.6) is 5.75 Å². The monoisotopic (exact) mass is 552 g/mol. The Labute approximate surface area is 240 Å². The summed E-state index contributed by atoms with van der Waals surface area (Å²) in [4.78, 5) is 38.6. The van der Waals surface area contributed by atoms with Crippen LogP contribution >= 0.6 is 0 Å². The number of carbonyl (C=O) groups is 2. The summed E-state index contributed by atoms with van der Waals surface area (Å²) in [6, 6.07) is 19.6. The van der Waals surface area contributed by atoms with Gasteiger partial charge in [0, 0.05) is 24.3 Å². The Hall–Kier alpha value is -4.59. The zero-order chi connectivity index (χ0) is 29.3. The highest BCUT2D eigenvalue weighted by Crippen LogP contribution is 2.42. The van der Waals surface area contributed by atoms with Crippen LogP contribution in [0.4, 0.5) is 11.6 Å². The normalized spacial score (nSPS) is 16.6. The predicted octanol–water partition coefficient (Wildman–Crippen LogP) is 6.38. The quantitative estimate of drug-likeness (QED) is 0.142. The number of nitrogens with zero attached hydrogens (tertiary/aromatic N) is 3. The summed E-state index contributed by atoms with van der Waals surface area (Å²) < 4.78 is 5.90. The molecule has 8 nitrogen and oxygen atoms in total. The number of aliphatic hydroxyl groups excluding tert-OH is 1. The van der Waals surface area contributed by atoms with Crippen molar-refractivity contribution in [2.45, 2.75) is 40.7 Å². The number of H-pyrrole nitrogens is 1. The number of rotatable bonds is 9. The van der Waals surface area contributed by atoms with E-state index in [1.165, 1.54) is 4.90 Å². The number of Topliss-reactive ketones (excluding diaryl/α,β-unsaturated/α-hetero) is 1.